The molecular weight excluding hydrogens is 368 g/mol. The zero-order valence-electron chi connectivity index (χ0n) is 15.1. The Hall–Kier alpha value is -3.07. The second kappa shape index (κ2) is 8.54. The molecule has 0 saturated heterocycles. The molecule has 0 bridgehead atoms. The predicted octanol–water partition coefficient (Wildman–Crippen LogP) is 2.66. The number of carbonyl (C=O) groups is 1. The summed E-state index contributed by atoms with van der Waals surface area (Å²) in [5.41, 5.74) is 1.31. The van der Waals surface area contributed by atoms with Crippen molar-refractivity contribution in [3.63, 3.8) is 0 Å². The number of nitrogens with zero attached hydrogens (tertiary/aromatic N) is 4. The lowest BCUT2D eigenvalue weighted by Gasteiger charge is -2.10. The summed E-state index contributed by atoms with van der Waals surface area (Å²) in [4.78, 5) is 12.4. The van der Waals surface area contributed by atoms with E-state index in [2.05, 4.69) is 15.5 Å². The number of hydrogen-bond acceptors (Lipinski definition) is 8. The van der Waals surface area contributed by atoms with Crippen molar-refractivity contribution in [3.05, 3.63) is 48.0 Å². The Morgan fingerprint density at radius 1 is 1.00 bits per heavy atom. The smallest absolute Gasteiger partial charge is 0.214 e. The number of ketones is 1. The second-order valence-electron chi connectivity index (χ2n) is 5.35. The Labute approximate surface area is 160 Å². The summed E-state index contributed by atoms with van der Waals surface area (Å²) in [6.45, 7) is 0. The minimum atomic E-state index is -0.0236. The molecule has 0 aliphatic rings. The number of carbonyl (C=O) groups excluding carboxylic acids is 1. The number of hydrogen-bond donors (Lipinski definition) is 0. The van der Waals surface area contributed by atoms with Gasteiger partial charge < -0.3 is 14.2 Å². The second-order valence-corrected chi connectivity index (χ2v) is 6.30. The highest BCUT2D eigenvalue weighted by Gasteiger charge is 2.14. The molecule has 9 heteroatoms. The average Bonchev–Trinajstić information content (AvgIpc) is 3.20. The van der Waals surface area contributed by atoms with Crippen LogP contribution >= 0.6 is 11.8 Å². The standard InChI is InChI=1S/C18H18N4O4S/c1-24-14-7-4-12(5-8-14)15(23)11-27-18-19-20-21-22(18)13-6-9-16(25-2)17(10-13)26-3/h4-10H,11H2,1-3H3. The summed E-state index contributed by atoms with van der Waals surface area (Å²) >= 11 is 1.26. The zero-order valence-corrected chi connectivity index (χ0v) is 15.9. The Morgan fingerprint density at radius 2 is 1.74 bits per heavy atom. The van der Waals surface area contributed by atoms with Gasteiger partial charge in [-0.05, 0) is 46.8 Å². The van der Waals surface area contributed by atoms with Gasteiger partial charge in [-0.15, -0.1) is 5.10 Å². The van der Waals surface area contributed by atoms with Crippen LogP contribution in [0.4, 0.5) is 0 Å². The van der Waals surface area contributed by atoms with Crippen LogP contribution in [0.25, 0.3) is 5.69 Å². The molecule has 0 aliphatic carbocycles. The molecule has 8 nitrogen and oxygen atoms in total. The van der Waals surface area contributed by atoms with E-state index >= 15 is 0 Å². The molecule has 3 rings (SSSR count). The minimum Gasteiger partial charge on any atom is -0.497 e. The molecule has 140 valence electrons. The number of thioether (sulfide) groups is 1. The van der Waals surface area contributed by atoms with Gasteiger partial charge in [0.2, 0.25) is 5.16 Å². The SMILES string of the molecule is COc1ccc(C(=O)CSc2nnnn2-c2ccc(OC)c(OC)c2)cc1. The van der Waals surface area contributed by atoms with E-state index in [1.807, 2.05) is 6.07 Å². The van der Waals surface area contributed by atoms with Crippen molar-refractivity contribution in [2.75, 3.05) is 27.1 Å². The van der Waals surface area contributed by atoms with Crippen LogP contribution in [-0.4, -0.2) is 53.1 Å². The molecule has 0 N–H and O–H groups in total. The maximum atomic E-state index is 12.4. The maximum Gasteiger partial charge on any atom is 0.214 e. The molecular formula is C18H18N4O4S. The summed E-state index contributed by atoms with van der Waals surface area (Å²) in [6.07, 6.45) is 0. The molecule has 0 fully saturated rings. The number of methoxy groups -OCH3 is 3. The number of tetrazole rings is 1. The highest BCUT2D eigenvalue weighted by molar-refractivity contribution is 7.99. The summed E-state index contributed by atoms with van der Waals surface area (Å²) in [5, 5.41) is 12.2. The first-order chi connectivity index (χ1) is 13.2. The Balaban J connectivity index is 1.74. The fourth-order valence-electron chi connectivity index (χ4n) is 2.38. The lowest BCUT2D eigenvalue weighted by molar-refractivity contribution is 0.102. The number of aromatic nitrogens is 4. The van der Waals surface area contributed by atoms with Gasteiger partial charge in [0.1, 0.15) is 5.75 Å². The number of rotatable bonds is 8. The zero-order chi connectivity index (χ0) is 19.2. The van der Waals surface area contributed by atoms with Crippen LogP contribution in [0.15, 0.2) is 47.6 Å². The third-order valence-corrected chi connectivity index (χ3v) is 4.72. The lowest BCUT2D eigenvalue weighted by Crippen LogP contribution is -2.05. The first-order valence-corrected chi connectivity index (χ1v) is 8.95. The van der Waals surface area contributed by atoms with Crippen LogP contribution in [0.1, 0.15) is 10.4 Å². The van der Waals surface area contributed by atoms with Gasteiger partial charge in [-0.2, -0.15) is 4.68 Å². The van der Waals surface area contributed by atoms with E-state index in [1.165, 1.54) is 11.8 Å². The molecule has 2 aromatic carbocycles. The van der Waals surface area contributed by atoms with Crippen molar-refractivity contribution in [1.29, 1.82) is 0 Å². The van der Waals surface area contributed by atoms with E-state index < -0.39 is 0 Å². The monoisotopic (exact) mass is 386 g/mol. The Morgan fingerprint density at radius 3 is 2.41 bits per heavy atom. The molecule has 27 heavy (non-hydrogen) atoms. The summed E-state index contributed by atoms with van der Waals surface area (Å²) in [6, 6.07) is 12.3. The molecule has 0 saturated carbocycles. The normalized spacial score (nSPS) is 10.5. The molecule has 0 unspecified atom stereocenters. The summed E-state index contributed by atoms with van der Waals surface area (Å²) < 4.78 is 17.2. The summed E-state index contributed by atoms with van der Waals surface area (Å²) in [5.74, 6) is 2.06. The van der Waals surface area contributed by atoms with Crippen LogP contribution in [0.5, 0.6) is 17.2 Å². The van der Waals surface area contributed by atoms with Crippen molar-refractivity contribution in [2.45, 2.75) is 5.16 Å². The van der Waals surface area contributed by atoms with Gasteiger partial charge in [0.25, 0.3) is 0 Å². The Kier molecular flexibility index (Phi) is 5.92. The molecule has 0 atom stereocenters. The van der Waals surface area contributed by atoms with Gasteiger partial charge in [0, 0.05) is 11.6 Å². The molecule has 3 aromatic rings. The molecule has 0 amide bonds. The Bertz CT molecular complexity index is 927. The van der Waals surface area contributed by atoms with E-state index in [0.717, 1.165) is 0 Å². The molecule has 1 aromatic heterocycles. The van der Waals surface area contributed by atoms with Crippen LogP contribution in [0, 0.1) is 0 Å². The third-order valence-electron chi connectivity index (χ3n) is 3.80. The van der Waals surface area contributed by atoms with Gasteiger partial charge in [-0.1, -0.05) is 11.8 Å². The fourth-order valence-corrected chi connectivity index (χ4v) is 3.16. The van der Waals surface area contributed by atoms with E-state index in [4.69, 9.17) is 14.2 Å². The van der Waals surface area contributed by atoms with Crippen LogP contribution < -0.4 is 14.2 Å². The molecule has 0 radical (unpaired) electrons. The van der Waals surface area contributed by atoms with Crippen LogP contribution in [0.2, 0.25) is 0 Å². The van der Waals surface area contributed by atoms with Crippen molar-refractivity contribution in [3.8, 4) is 22.9 Å². The molecule has 1 heterocycles. The average molecular weight is 386 g/mol. The van der Waals surface area contributed by atoms with Gasteiger partial charge in [-0.3, -0.25) is 4.79 Å². The first-order valence-electron chi connectivity index (χ1n) is 7.97. The van der Waals surface area contributed by atoms with Gasteiger partial charge in [0.15, 0.2) is 17.3 Å². The maximum absolute atomic E-state index is 12.4. The van der Waals surface area contributed by atoms with E-state index in [1.54, 1.807) is 62.4 Å². The third kappa shape index (κ3) is 4.20. The van der Waals surface area contributed by atoms with E-state index in [0.29, 0.717) is 33.7 Å². The van der Waals surface area contributed by atoms with Gasteiger partial charge in [-0.25, -0.2) is 0 Å². The van der Waals surface area contributed by atoms with E-state index in [9.17, 15) is 4.79 Å². The van der Waals surface area contributed by atoms with Crippen molar-refractivity contribution in [1.82, 2.24) is 20.2 Å². The number of ether oxygens (including phenoxy) is 3. The van der Waals surface area contributed by atoms with Crippen molar-refractivity contribution >= 4 is 17.5 Å². The minimum absolute atomic E-state index is 0.0236. The summed E-state index contributed by atoms with van der Waals surface area (Å²) in [7, 11) is 4.71. The molecule has 0 spiro atoms. The van der Waals surface area contributed by atoms with Gasteiger partial charge >= 0.3 is 0 Å². The highest BCUT2D eigenvalue weighted by atomic mass is 32.2. The van der Waals surface area contributed by atoms with Gasteiger partial charge in [0.05, 0.1) is 32.8 Å². The fraction of sp³-hybridized carbons (Fsp3) is 0.222. The van der Waals surface area contributed by atoms with E-state index in [-0.39, 0.29) is 11.5 Å². The van der Waals surface area contributed by atoms with Crippen molar-refractivity contribution < 1.29 is 19.0 Å². The first kappa shape index (κ1) is 18.7. The largest absolute Gasteiger partial charge is 0.497 e. The number of benzene rings is 2. The van der Waals surface area contributed by atoms with Crippen LogP contribution in [0.3, 0.4) is 0 Å². The molecule has 0 aliphatic heterocycles. The quantitative estimate of drug-likeness (QED) is 0.431. The lowest BCUT2D eigenvalue weighted by atomic mass is 10.1. The van der Waals surface area contributed by atoms with Crippen molar-refractivity contribution in [2.24, 2.45) is 0 Å². The van der Waals surface area contributed by atoms with Crippen LogP contribution in [-0.2, 0) is 0 Å². The predicted molar refractivity (Wildman–Crippen MR) is 100 cm³/mol. The number of Topliss-reactive ketones (excluding diaryl/α,β-unsaturated/α-hetero) is 1. The highest BCUT2D eigenvalue weighted by Crippen LogP contribution is 2.30. The topological polar surface area (TPSA) is 88.4 Å².